The van der Waals surface area contributed by atoms with Gasteiger partial charge in [0.2, 0.25) is 0 Å². The van der Waals surface area contributed by atoms with E-state index in [4.69, 9.17) is 14.2 Å². The zero-order valence-corrected chi connectivity index (χ0v) is 15.7. The predicted molar refractivity (Wildman–Crippen MR) is 99.1 cm³/mol. The van der Waals surface area contributed by atoms with Gasteiger partial charge in [-0.25, -0.2) is 0 Å². The molecule has 27 heavy (non-hydrogen) atoms. The Kier molecular flexibility index (Phi) is 5.93. The monoisotopic (exact) mass is 372 g/mol. The molecule has 2 heterocycles. The second-order valence-electron chi connectivity index (χ2n) is 6.29. The molecule has 1 saturated heterocycles. The van der Waals surface area contributed by atoms with E-state index in [9.17, 15) is 9.90 Å². The van der Waals surface area contributed by atoms with Crippen molar-refractivity contribution in [3.8, 4) is 11.5 Å². The Morgan fingerprint density at radius 3 is 2.74 bits per heavy atom. The van der Waals surface area contributed by atoms with Crippen LogP contribution in [0.15, 0.2) is 36.5 Å². The molecule has 0 spiro atoms. The van der Waals surface area contributed by atoms with Crippen molar-refractivity contribution in [2.75, 3.05) is 34.0 Å². The zero-order valence-electron chi connectivity index (χ0n) is 15.7. The molecular weight excluding hydrogens is 348 g/mol. The highest BCUT2D eigenvalue weighted by Crippen LogP contribution is 2.36. The van der Waals surface area contributed by atoms with Gasteiger partial charge in [0.25, 0.3) is 5.91 Å². The van der Waals surface area contributed by atoms with E-state index >= 15 is 0 Å². The van der Waals surface area contributed by atoms with E-state index in [1.165, 1.54) is 0 Å². The van der Waals surface area contributed by atoms with Gasteiger partial charge < -0.3 is 24.2 Å². The molecule has 0 aliphatic carbocycles. The fourth-order valence-electron chi connectivity index (χ4n) is 3.41. The van der Waals surface area contributed by atoms with Crippen LogP contribution in [-0.2, 0) is 4.74 Å². The van der Waals surface area contributed by atoms with Crippen molar-refractivity contribution in [1.82, 2.24) is 9.88 Å². The molecule has 1 fully saturated rings. The third-order valence-electron chi connectivity index (χ3n) is 4.78. The second kappa shape index (κ2) is 8.37. The summed E-state index contributed by atoms with van der Waals surface area (Å²) < 4.78 is 16.4. The third kappa shape index (κ3) is 3.74. The number of hydrogen-bond acceptors (Lipinski definition) is 6. The Morgan fingerprint density at radius 2 is 2.07 bits per heavy atom. The Balaban J connectivity index is 2.02. The van der Waals surface area contributed by atoms with Crippen molar-refractivity contribution in [1.29, 1.82) is 0 Å². The molecule has 3 rings (SSSR count). The molecule has 0 saturated carbocycles. The summed E-state index contributed by atoms with van der Waals surface area (Å²) >= 11 is 0. The average molecular weight is 372 g/mol. The van der Waals surface area contributed by atoms with Crippen LogP contribution in [0.5, 0.6) is 11.5 Å². The average Bonchev–Trinajstić information content (AvgIpc) is 2.72. The number of aromatic nitrogens is 1. The number of aliphatic hydroxyl groups is 1. The van der Waals surface area contributed by atoms with Crippen molar-refractivity contribution in [3.63, 3.8) is 0 Å². The van der Waals surface area contributed by atoms with Gasteiger partial charge in [-0.3, -0.25) is 9.78 Å². The smallest absolute Gasteiger partial charge is 0.256 e. The fraction of sp³-hybridized carbons (Fsp3) is 0.400. The number of aryl methyl sites for hydroxylation is 1. The number of morpholine rings is 1. The Hall–Kier alpha value is -2.64. The highest BCUT2D eigenvalue weighted by molar-refractivity contribution is 5.95. The van der Waals surface area contributed by atoms with E-state index in [1.54, 1.807) is 43.5 Å². The van der Waals surface area contributed by atoms with Crippen LogP contribution in [0.4, 0.5) is 0 Å². The Bertz CT molecular complexity index is 811. The number of rotatable bonds is 5. The number of amides is 1. The number of carbonyl (C=O) groups excluding carboxylic acids is 1. The van der Waals surface area contributed by atoms with E-state index in [-0.39, 0.29) is 12.5 Å². The molecule has 0 radical (unpaired) electrons. The van der Waals surface area contributed by atoms with Crippen LogP contribution in [0.1, 0.15) is 27.7 Å². The maximum Gasteiger partial charge on any atom is 0.256 e. The molecule has 1 aromatic carbocycles. The molecule has 1 N–H and O–H groups in total. The second-order valence-corrected chi connectivity index (χ2v) is 6.29. The highest BCUT2D eigenvalue weighted by atomic mass is 16.5. The first-order valence-corrected chi connectivity index (χ1v) is 8.77. The lowest BCUT2D eigenvalue weighted by Crippen LogP contribution is -2.49. The summed E-state index contributed by atoms with van der Waals surface area (Å²) in [7, 11) is 3.13. The molecule has 1 aromatic heterocycles. The lowest BCUT2D eigenvalue weighted by molar-refractivity contribution is -0.0812. The molecule has 2 aromatic rings. The van der Waals surface area contributed by atoms with E-state index < -0.39 is 12.1 Å². The Labute approximate surface area is 158 Å². The summed E-state index contributed by atoms with van der Waals surface area (Å²) in [5, 5.41) is 9.84. The summed E-state index contributed by atoms with van der Waals surface area (Å²) in [6.07, 6.45) is 1.13. The number of nitrogens with zero attached hydrogens (tertiary/aromatic N) is 2. The van der Waals surface area contributed by atoms with Crippen LogP contribution in [0, 0.1) is 6.92 Å². The molecule has 2 atom stereocenters. The highest BCUT2D eigenvalue weighted by Gasteiger charge is 2.37. The number of methoxy groups -OCH3 is 2. The largest absolute Gasteiger partial charge is 0.493 e. The first-order chi connectivity index (χ1) is 13.1. The maximum atomic E-state index is 13.2. The normalized spacial score (nSPS) is 19.6. The zero-order chi connectivity index (χ0) is 19.4. The fourth-order valence-corrected chi connectivity index (χ4v) is 3.41. The van der Waals surface area contributed by atoms with Crippen molar-refractivity contribution < 1.29 is 24.1 Å². The molecule has 1 aliphatic rings. The predicted octanol–water partition coefficient (Wildman–Crippen LogP) is 1.98. The maximum absolute atomic E-state index is 13.2. The van der Waals surface area contributed by atoms with Crippen molar-refractivity contribution >= 4 is 5.91 Å². The first-order valence-electron chi connectivity index (χ1n) is 8.77. The van der Waals surface area contributed by atoms with Crippen molar-refractivity contribution in [2.24, 2.45) is 0 Å². The van der Waals surface area contributed by atoms with Gasteiger partial charge in [0.1, 0.15) is 6.10 Å². The van der Waals surface area contributed by atoms with Crippen LogP contribution >= 0.6 is 0 Å². The van der Waals surface area contributed by atoms with Crippen molar-refractivity contribution in [2.45, 2.75) is 19.1 Å². The van der Waals surface area contributed by atoms with Gasteiger partial charge in [0, 0.05) is 18.4 Å². The van der Waals surface area contributed by atoms with Crippen molar-refractivity contribution in [3.05, 3.63) is 53.3 Å². The molecule has 1 aliphatic heterocycles. The number of hydrogen-bond donors (Lipinski definition) is 1. The number of aliphatic hydroxyl groups excluding tert-OH is 1. The van der Waals surface area contributed by atoms with Crippen LogP contribution in [0.2, 0.25) is 0 Å². The quantitative estimate of drug-likeness (QED) is 0.864. The van der Waals surface area contributed by atoms with Gasteiger partial charge in [0.05, 0.1) is 39.0 Å². The summed E-state index contributed by atoms with van der Waals surface area (Å²) in [5.74, 6) is 1.02. The van der Waals surface area contributed by atoms with Crippen LogP contribution in [0.25, 0.3) is 0 Å². The minimum absolute atomic E-state index is 0.137. The number of ether oxygens (including phenoxy) is 3. The lowest BCUT2D eigenvalue weighted by Gasteiger charge is -2.41. The van der Waals surface area contributed by atoms with Gasteiger partial charge in [0.15, 0.2) is 11.5 Å². The van der Waals surface area contributed by atoms with Crippen LogP contribution in [-0.4, -0.2) is 61.0 Å². The van der Waals surface area contributed by atoms with Crippen LogP contribution < -0.4 is 9.47 Å². The SMILES string of the molecule is COc1ccc(C2C(CO)OCCN2C(=O)c2cccnc2C)cc1OC. The lowest BCUT2D eigenvalue weighted by atomic mass is 9.96. The molecular formula is C20H24N2O5. The molecule has 0 bridgehead atoms. The van der Waals surface area contributed by atoms with E-state index in [0.29, 0.717) is 35.9 Å². The first kappa shape index (κ1) is 19.1. The van der Waals surface area contributed by atoms with E-state index in [1.807, 2.05) is 19.1 Å². The molecule has 1 amide bonds. The van der Waals surface area contributed by atoms with Crippen LogP contribution in [0.3, 0.4) is 0 Å². The van der Waals surface area contributed by atoms with E-state index in [0.717, 1.165) is 5.56 Å². The summed E-state index contributed by atoms with van der Waals surface area (Å²) in [6, 6.07) is 8.53. The van der Waals surface area contributed by atoms with Gasteiger partial charge in [-0.1, -0.05) is 6.07 Å². The molecule has 7 heteroatoms. The van der Waals surface area contributed by atoms with E-state index in [2.05, 4.69) is 4.98 Å². The Morgan fingerprint density at radius 1 is 1.30 bits per heavy atom. The minimum atomic E-state index is -0.530. The van der Waals surface area contributed by atoms with Gasteiger partial charge in [-0.15, -0.1) is 0 Å². The number of carbonyl (C=O) groups is 1. The summed E-state index contributed by atoms with van der Waals surface area (Å²) in [4.78, 5) is 19.2. The third-order valence-corrected chi connectivity index (χ3v) is 4.78. The molecule has 144 valence electrons. The van der Waals surface area contributed by atoms with Gasteiger partial charge >= 0.3 is 0 Å². The van der Waals surface area contributed by atoms with Gasteiger partial charge in [-0.05, 0) is 36.8 Å². The number of pyridine rings is 1. The standard InChI is InChI=1S/C20H24N2O5/c1-13-15(5-4-8-21-13)20(24)22-9-10-27-18(12-23)19(22)14-6-7-16(25-2)17(11-14)26-3/h4-8,11,18-19,23H,9-10,12H2,1-3H3. The number of benzene rings is 1. The topological polar surface area (TPSA) is 81.1 Å². The van der Waals surface area contributed by atoms with Gasteiger partial charge in [-0.2, -0.15) is 0 Å². The minimum Gasteiger partial charge on any atom is -0.493 e. The summed E-state index contributed by atoms with van der Waals surface area (Å²) in [5.41, 5.74) is 2.02. The molecule has 7 nitrogen and oxygen atoms in total. The summed E-state index contributed by atoms with van der Waals surface area (Å²) in [6.45, 7) is 2.39. The molecule has 2 unspecified atom stereocenters.